The smallest absolute Gasteiger partial charge is 0.283 e. The van der Waals surface area contributed by atoms with Crippen molar-refractivity contribution in [2.75, 3.05) is 0 Å². The van der Waals surface area contributed by atoms with Gasteiger partial charge in [0, 0.05) is 28.0 Å². The van der Waals surface area contributed by atoms with Crippen molar-refractivity contribution in [3.8, 4) is 16.2 Å². The molecule has 0 spiro atoms. The minimum Gasteiger partial charge on any atom is -0.872 e. The van der Waals surface area contributed by atoms with Crippen molar-refractivity contribution in [1.29, 1.82) is 0 Å². The molecule has 0 saturated heterocycles. The van der Waals surface area contributed by atoms with Gasteiger partial charge in [0.25, 0.3) is 11.2 Å². The normalized spacial score (nSPS) is 11.4. The Hall–Kier alpha value is -3.37. The second-order valence-electron chi connectivity index (χ2n) is 5.42. The molecule has 0 amide bonds. The molecule has 0 bridgehead atoms. The maximum atomic E-state index is 12.8. The van der Waals surface area contributed by atoms with Crippen LogP contribution in [0.1, 0.15) is 5.56 Å². The van der Waals surface area contributed by atoms with Gasteiger partial charge in [0.05, 0.1) is 16.5 Å². The summed E-state index contributed by atoms with van der Waals surface area (Å²) in [7, 11) is 0. The van der Waals surface area contributed by atoms with Crippen LogP contribution in [0.5, 0.6) is 5.75 Å². The summed E-state index contributed by atoms with van der Waals surface area (Å²) in [6, 6.07) is 7.15. The SMILES string of the molecule is O=c1c2c(-c3cccs3)csc2ncn1/N=C\c1cc([N+](=O)[O-])ccc1[O-]. The zero-order valence-corrected chi connectivity index (χ0v) is 15.1. The molecular weight excluding hydrogens is 388 g/mol. The Kier molecular flexibility index (Phi) is 4.26. The van der Waals surface area contributed by atoms with E-state index in [0.29, 0.717) is 10.2 Å². The summed E-state index contributed by atoms with van der Waals surface area (Å²) >= 11 is 2.88. The lowest BCUT2D eigenvalue weighted by molar-refractivity contribution is -0.385. The highest BCUT2D eigenvalue weighted by molar-refractivity contribution is 7.18. The minimum absolute atomic E-state index is 0.0139. The van der Waals surface area contributed by atoms with E-state index in [1.54, 1.807) is 0 Å². The van der Waals surface area contributed by atoms with Gasteiger partial charge >= 0.3 is 0 Å². The molecule has 0 N–H and O–H groups in total. The van der Waals surface area contributed by atoms with Crippen LogP contribution < -0.4 is 10.7 Å². The number of hydrogen-bond acceptors (Lipinski definition) is 8. The average Bonchev–Trinajstić information content (AvgIpc) is 3.31. The van der Waals surface area contributed by atoms with Crippen LogP contribution in [0.25, 0.3) is 20.7 Å². The second-order valence-corrected chi connectivity index (χ2v) is 7.23. The van der Waals surface area contributed by atoms with Crippen LogP contribution in [-0.4, -0.2) is 20.8 Å². The second kappa shape index (κ2) is 6.74. The van der Waals surface area contributed by atoms with E-state index in [-0.39, 0.29) is 16.8 Å². The summed E-state index contributed by atoms with van der Waals surface area (Å²) in [5, 5.41) is 31.0. The Morgan fingerprint density at radius 3 is 2.85 bits per heavy atom. The molecule has 0 fully saturated rings. The molecule has 134 valence electrons. The van der Waals surface area contributed by atoms with E-state index in [4.69, 9.17) is 0 Å². The standard InChI is InChI=1S/C17H10N4O4S2/c22-13-4-3-11(21(24)25)6-10(13)7-19-20-9-18-16-15(17(20)23)12(8-27-16)14-2-1-5-26-14/h1-9,22H/p-1/b19-7-. The third-order valence-corrected chi connectivity index (χ3v) is 5.58. The van der Waals surface area contributed by atoms with Gasteiger partial charge in [0.2, 0.25) is 0 Å². The zero-order valence-electron chi connectivity index (χ0n) is 13.4. The highest BCUT2D eigenvalue weighted by atomic mass is 32.1. The Morgan fingerprint density at radius 1 is 1.26 bits per heavy atom. The van der Waals surface area contributed by atoms with E-state index in [1.165, 1.54) is 29.0 Å². The van der Waals surface area contributed by atoms with Crippen LogP contribution in [0.2, 0.25) is 0 Å². The van der Waals surface area contributed by atoms with Gasteiger partial charge in [0.1, 0.15) is 11.2 Å². The minimum atomic E-state index is -0.602. The van der Waals surface area contributed by atoms with Crippen molar-refractivity contribution in [2.45, 2.75) is 0 Å². The molecule has 4 aromatic rings. The molecule has 8 nitrogen and oxygen atoms in total. The highest BCUT2D eigenvalue weighted by Crippen LogP contribution is 2.33. The van der Waals surface area contributed by atoms with Gasteiger partial charge in [0.15, 0.2) is 0 Å². The topological polar surface area (TPSA) is 113 Å². The summed E-state index contributed by atoms with van der Waals surface area (Å²) in [5.41, 5.74) is 0.195. The van der Waals surface area contributed by atoms with Crippen molar-refractivity contribution in [3.05, 3.63) is 73.5 Å². The molecule has 1 aromatic carbocycles. The van der Waals surface area contributed by atoms with Gasteiger partial charge in [-0.05, 0) is 17.0 Å². The summed E-state index contributed by atoms with van der Waals surface area (Å²) in [4.78, 5) is 28.9. The van der Waals surface area contributed by atoms with Crippen molar-refractivity contribution < 1.29 is 10.0 Å². The molecule has 0 aliphatic rings. The number of nitrogens with zero attached hydrogens (tertiary/aromatic N) is 4. The van der Waals surface area contributed by atoms with Gasteiger partial charge in [-0.15, -0.1) is 22.7 Å². The third-order valence-electron chi connectivity index (χ3n) is 3.79. The molecule has 0 aliphatic heterocycles. The average molecular weight is 397 g/mol. The monoisotopic (exact) mass is 397 g/mol. The van der Waals surface area contributed by atoms with Gasteiger partial charge in [-0.2, -0.15) is 9.78 Å². The van der Waals surface area contributed by atoms with Crippen molar-refractivity contribution in [1.82, 2.24) is 9.66 Å². The molecule has 0 radical (unpaired) electrons. The summed E-state index contributed by atoms with van der Waals surface area (Å²) in [6.07, 6.45) is 2.39. The number of non-ortho nitro benzene ring substituents is 1. The van der Waals surface area contributed by atoms with E-state index in [1.807, 2.05) is 22.9 Å². The van der Waals surface area contributed by atoms with Crippen LogP contribution >= 0.6 is 22.7 Å². The fourth-order valence-corrected chi connectivity index (χ4v) is 4.21. The predicted octanol–water partition coefficient (Wildman–Crippen LogP) is 3.05. The molecule has 3 heterocycles. The number of fused-ring (bicyclic) bond motifs is 1. The van der Waals surface area contributed by atoms with Gasteiger partial charge in [-0.25, -0.2) is 4.98 Å². The number of thiophene rings is 2. The first-order valence-corrected chi connectivity index (χ1v) is 9.33. The molecule has 0 unspecified atom stereocenters. The molecule has 10 heteroatoms. The number of benzene rings is 1. The van der Waals surface area contributed by atoms with Crippen LogP contribution in [0.15, 0.2) is 57.3 Å². The number of hydrogen-bond donors (Lipinski definition) is 0. The first-order chi connectivity index (χ1) is 13.0. The van der Waals surface area contributed by atoms with E-state index < -0.39 is 10.7 Å². The zero-order chi connectivity index (χ0) is 19.0. The first-order valence-electron chi connectivity index (χ1n) is 7.57. The lowest BCUT2D eigenvalue weighted by atomic mass is 10.2. The van der Waals surface area contributed by atoms with Crippen molar-refractivity contribution >= 4 is 44.8 Å². The summed E-state index contributed by atoms with van der Waals surface area (Å²) in [5.74, 6) is -0.429. The number of rotatable bonds is 4. The third kappa shape index (κ3) is 3.11. The number of nitro groups is 1. The van der Waals surface area contributed by atoms with Gasteiger partial charge in [-0.1, -0.05) is 17.9 Å². The fourth-order valence-electron chi connectivity index (χ4n) is 2.49. The fraction of sp³-hybridized carbons (Fsp3) is 0. The maximum absolute atomic E-state index is 12.8. The lowest BCUT2D eigenvalue weighted by Gasteiger charge is -2.08. The molecule has 3 aromatic heterocycles. The van der Waals surface area contributed by atoms with Gasteiger partial charge < -0.3 is 5.11 Å². The van der Waals surface area contributed by atoms with E-state index in [2.05, 4.69) is 10.1 Å². The first kappa shape index (κ1) is 17.1. The Morgan fingerprint density at radius 2 is 2.11 bits per heavy atom. The Labute approximate surface area is 159 Å². The van der Waals surface area contributed by atoms with Crippen LogP contribution in [0.3, 0.4) is 0 Å². The van der Waals surface area contributed by atoms with Crippen LogP contribution in [0, 0.1) is 10.1 Å². The molecule has 0 aliphatic carbocycles. The molecule has 27 heavy (non-hydrogen) atoms. The lowest BCUT2D eigenvalue weighted by Crippen LogP contribution is -2.16. The quantitative estimate of drug-likeness (QED) is 0.298. The number of nitro benzene ring substituents is 1. The molecule has 0 saturated carbocycles. The van der Waals surface area contributed by atoms with Crippen molar-refractivity contribution in [2.24, 2.45) is 5.10 Å². The Balaban J connectivity index is 1.79. The maximum Gasteiger partial charge on any atom is 0.283 e. The largest absolute Gasteiger partial charge is 0.872 e. The summed E-state index contributed by atoms with van der Waals surface area (Å²) < 4.78 is 1.02. The molecule has 0 atom stereocenters. The predicted molar refractivity (Wildman–Crippen MR) is 103 cm³/mol. The molecule has 4 rings (SSSR count). The van der Waals surface area contributed by atoms with E-state index >= 15 is 0 Å². The van der Waals surface area contributed by atoms with Crippen molar-refractivity contribution in [3.63, 3.8) is 0 Å². The van der Waals surface area contributed by atoms with E-state index in [9.17, 15) is 20.0 Å². The number of aromatic nitrogens is 2. The molecular formula is C17H9N4O4S2-. The van der Waals surface area contributed by atoms with E-state index in [0.717, 1.165) is 39.5 Å². The van der Waals surface area contributed by atoms with Gasteiger partial charge in [-0.3, -0.25) is 14.9 Å². The highest BCUT2D eigenvalue weighted by Gasteiger charge is 2.13. The summed E-state index contributed by atoms with van der Waals surface area (Å²) in [6.45, 7) is 0. The van der Waals surface area contributed by atoms with Crippen LogP contribution in [-0.2, 0) is 0 Å². The Bertz CT molecular complexity index is 1240. The van der Waals surface area contributed by atoms with Crippen LogP contribution in [0.4, 0.5) is 5.69 Å².